The van der Waals surface area contributed by atoms with E-state index in [0.717, 1.165) is 29.0 Å². The van der Waals surface area contributed by atoms with Crippen molar-refractivity contribution in [3.8, 4) is 0 Å². The first kappa shape index (κ1) is 14.1. The van der Waals surface area contributed by atoms with E-state index >= 15 is 0 Å². The predicted molar refractivity (Wildman–Crippen MR) is 78.0 cm³/mol. The Morgan fingerprint density at radius 3 is 2.58 bits per heavy atom. The molecule has 2 nitrogen and oxygen atoms in total. The van der Waals surface area contributed by atoms with Gasteiger partial charge in [-0.2, -0.15) is 0 Å². The minimum absolute atomic E-state index is 0.0364. The molecule has 1 aromatic carbocycles. The van der Waals surface area contributed by atoms with Crippen molar-refractivity contribution < 1.29 is 9.53 Å². The van der Waals surface area contributed by atoms with Gasteiger partial charge in [0.25, 0.3) is 0 Å². The number of halogens is 1. The van der Waals surface area contributed by atoms with Gasteiger partial charge < -0.3 is 4.74 Å². The minimum atomic E-state index is -0.145. The normalized spacial score (nSPS) is 23.6. The van der Waals surface area contributed by atoms with Crippen molar-refractivity contribution in [2.45, 2.75) is 26.7 Å². The van der Waals surface area contributed by atoms with Crippen LogP contribution in [-0.2, 0) is 9.53 Å². The third kappa shape index (κ3) is 3.01. The maximum atomic E-state index is 12.0. The Kier molecular flexibility index (Phi) is 4.00. The van der Waals surface area contributed by atoms with Gasteiger partial charge in [0, 0.05) is 5.02 Å². The van der Waals surface area contributed by atoms with E-state index < -0.39 is 0 Å². The monoisotopic (exact) mass is 278 g/mol. The molecule has 0 saturated heterocycles. The van der Waals surface area contributed by atoms with Crippen molar-refractivity contribution in [3.05, 3.63) is 40.4 Å². The van der Waals surface area contributed by atoms with Crippen molar-refractivity contribution in [1.29, 1.82) is 0 Å². The molecule has 1 unspecified atom stereocenters. The lowest BCUT2D eigenvalue weighted by Gasteiger charge is -2.25. The molecule has 0 heterocycles. The zero-order valence-electron chi connectivity index (χ0n) is 11.6. The number of hydrogen-bond donors (Lipinski definition) is 0. The number of carbonyl (C=O) groups excluding carboxylic acids is 1. The number of rotatable bonds is 2. The Hall–Kier alpha value is -1.28. The summed E-state index contributed by atoms with van der Waals surface area (Å²) >= 11 is 5.88. The van der Waals surface area contributed by atoms with Crippen molar-refractivity contribution >= 4 is 23.6 Å². The lowest BCUT2D eigenvalue weighted by molar-refractivity contribution is -0.146. The van der Waals surface area contributed by atoms with Gasteiger partial charge in [-0.15, -0.1) is 0 Å². The molecular weight excluding hydrogens is 260 g/mol. The van der Waals surface area contributed by atoms with Crippen molar-refractivity contribution in [3.63, 3.8) is 0 Å². The quantitative estimate of drug-likeness (QED) is 0.753. The van der Waals surface area contributed by atoms with Crippen LogP contribution in [0.2, 0.25) is 5.02 Å². The summed E-state index contributed by atoms with van der Waals surface area (Å²) in [5, 5.41) is 0.721. The van der Waals surface area contributed by atoms with E-state index in [0.29, 0.717) is 0 Å². The molecule has 0 amide bonds. The summed E-state index contributed by atoms with van der Waals surface area (Å²) < 4.78 is 4.96. The van der Waals surface area contributed by atoms with Crippen molar-refractivity contribution in [1.82, 2.24) is 0 Å². The van der Waals surface area contributed by atoms with Crippen LogP contribution in [0.25, 0.3) is 6.08 Å². The van der Waals surface area contributed by atoms with E-state index in [1.165, 1.54) is 7.11 Å². The third-order valence-electron chi connectivity index (χ3n) is 3.87. The lowest BCUT2D eigenvalue weighted by atomic mass is 9.80. The topological polar surface area (TPSA) is 26.3 Å². The number of hydrogen-bond acceptors (Lipinski definition) is 2. The van der Waals surface area contributed by atoms with Gasteiger partial charge in [0.05, 0.1) is 13.0 Å². The second-order valence-corrected chi connectivity index (χ2v) is 6.15. The number of carbonyl (C=O) groups is 1. The zero-order chi connectivity index (χ0) is 14.0. The van der Waals surface area contributed by atoms with Crippen LogP contribution < -0.4 is 0 Å². The molecule has 0 aliphatic heterocycles. The Balaban J connectivity index is 2.32. The Morgan fingerprint density at radius 2 is 2.00 bits per heavy atom. The van der Waals surface area contributed by atoms with Crippen LogP contribution >= 0.6 is 11.6 Å². The van der Waals surface area contributed by atoms with Crippen LogP contribution in [0.1, 0.15) is 32.3 Å². The molecule has 1 saturated carbocycles. The van der Waals surface area contributed by atoms with E-state index in [4.69, 9.17) is 16.3 Å². The lowest BCUT2D eigenvalue weighted by Crippen LogP contribution is -2.27. The summed E-state index contributed by atoms with van der Waals surface area (Å²) in [6.07, 6.45) is 4.04. The Morgan fingerprint density at radius 1 is 1.37 bits per heavy atom. The fourth-order valence-electron chi connectivity index (χ4n) is 2.77. The summed E-state index contributed by atoms with van der Waals surface area (Å²) in [6, 6.07) is 7.66. The van der Waals surface area contributed by atoms with E-state index in [9.17, 15) is 4.79 Å². The molecule has 1 aliphatic rings. The number of esters is 1. The highest BCUT2D eigenvalue weighted by Gasteiger charge is 2.43. The highest BCUT2D eigenvalue weighted by Crippen LogP contribution is 2.47. The molecule has 2 rings (SSSR count). The molecule has 1 atom stereocenters. The number of ether oxygens (including phenoxy) is 1. The van der Waals surface area contributed by atoms with Crippen LogP contribution in [0.4, 0.5) is 0 Å². The van der Waals surface area contributed by atoms with Gasteiger partial charge in [0.1, 0.15) is 0 Å². The van der Waals surface area contributed by atoms with Crippen LogP contribution in [0.3, 0.4) is 0 Å². The maximum absolute atomic E-state index is 12.0. The highest BCUT2D eigenvalue weighted by atomic mass is 35.5. The van der Waals surface area contributed by atoms with Crippen molar-refractivity contribution in [2.24, 2.45) is 11.3 Å². The maximum Gasteiger partial charge on any atom is 0.313 e. The van der Waals surface area contributed by atoms with Crippen LogP contribution in [0, 0.1) is 11.3 Å². The fraction of sp³-hybridized carbons (Fsp3) is 0.438. The molecule has 0 bridgehead atoms. The first-order chi connectivity index (χ1) is 8.94. The number of benzene rings is 1. The van der Waals surface area contributed by atoms with Crippen molar-refractivity contribution in [2.75, 3.05) is 7.11 Å². The standard InChI is InChI=1S/C16H19ClO2/c1-16(2)9-8-12(14(16)15(18)19-3)10-11-4-6-13(17)7-5-11/h4-7,10,14H,8-9H2,1-3H3. The molecule has 3 heteroatoms. The van der Waals surface area contributed by atoms with Crippen LogP contribution in [0.5, 0.6) is 0 Å². The molecular formula is C16H19ClO2. The Bertz CT molecular complexity index is 500. The molecule has 1 aliphatic carbocycles. The molecule has 102 valence electrons. The van der Waals surface area contributed by atoms with Gasteiger partial charge in [-0.1, -0.05) is 49.2 Å². The van der Waals surface area contributed by atoms with Crippen LogP contribution in [0.15, 0.2) is 29.8 Å². The smallest absolute Gasteiger partial charge is 0.313 e. The van der Waals surface area contributed by atoms with Gasteiger partial charge in [-0.3, -0.25) is 4.79 Å². The first-order valence-corrected chi connectivity index (χ1v) is 6.86. The Labute approximate surface area is 119 Å². The average molecular weight is 279 g/mol. The van der Waals surface area contributed by atoms with Gasteiger partial charge in [-0.25, -0.2) is 0 Å². The summed E-state index contributed by atoms with van der Waals surface area (Å²) in [5.41, 5.74) is 2.19. The summed E-state index contributed by atoms with van der Waals surface area (Å²) in [5.74, 6) is -0.282. The van der Waals surface area contributed by atoms with E-state index in [1.807, 2.05) is 24.3 Å². The highest BCUT2D eigenvalue weighted by molar-refractivity contribution is 6.30. The molecule has 1 aromatic rings. The minimum Gasteiger partial charge on any atom is -0.469 e. The van der Waals surface area contributed by atoms with E-state index in [-0.39, 0.29) is 17.3 Å². The zero-order valence-corrected chi connectivity index (χ0v) is 12.3. The second kappa shape index (κ2) is 5.38. The number of methoxy groups -OCH3 is 1. The van der Waals surface area contributed by atoms with Gasteiger partial charge in [0.2, 0.25) is 0 Å². The molecule has 1 fully saturated rings. The molecule has 19 heavy (non-hydrogen) atoms. The largest absolute Gasteiger partial charge is 0.469 e. The van der Waals surface area contributed by atoms with Crippen LogP contribution in [-0.4, -0.2) is 13.1 Å². The SMILES string of the molecule is COC(=O)C1C(=Cc2ccc(Cl)cc2)CCC1(C)C. The fourth-order valence-corrected chi connectivity index (χ4v) is 2.90. The predicted octanol–water partition coefficient (Wildman–Crippen LogP) is 4.33. The average Bonchev–Trinajstić information content (AvgIpc) is 2.67. The summed E-state index contributed by atoms with van der Waals surface area (Å²) in [6.45, 7) is 4.24. The third-order valence-corrected chi connectivity index (χ3v) is 4.12. The summed E-state index contributed by atoms with van der Waals surface area (Å²) in [4.78, 5) is 12.0. The molecule has 0 N–H and O–H groups in total. The first-order valence-electron chi connectivity index (χ1n) is 6.48. The van der Waals surface area contributed by atoms with E-state index in [2.05, 4.69) is 19.9 Å². The van der Waals surface area contributed by atoms with E-state index in [1.54, 1.807) is 0 Å². The van der Waals surface area contributed by atoms with Gasteiger partial charge in [0.15, 0.2) is 0 Å². The molecule has 0 spiro atoms. The molecule has 0 radical (unpaired) electrons. The second-order valence-electron chi connectivity index (χ2n) is 5.72. The molecule has 0 aromatic heterocycles. The summed E-state index contributed by atoms with van der Waals surface area (Å²) in [7, 11) is 1.46. The van der Waals surface area contributed by atoms with Gasteiger partial charge >= 0.3 is 5.97 Å². The van der Waals surface area contributed by atoms with Gasteiger partial charge in [-0.05, 0) is 36.0 Å².